The van der Waals surface area contributed by atoms with Gasteiger partial charge in [0.05, 0.1) is 6.10 Å². The minimum Gasteiger partial charge on any atom is -0.414 e. The number of hydrogen-bond acceptors (Lipinski definition) is 4. The highest BCUT2D eigenvalue weighted by Crippen LogP contribution is 2.62. The normalized spacial score (nSPS) is 26.3. The van der Waals surface area contributed by atoms with Crippen LogP contribution in [0.3, 0.4) is 0 Å². The van der Waals surface area contributed by atoms with Gasteiger partial charge < -0.3 is 19.1 Å². The van der Waals surface area contributed by atoms with Crippen LogP contribution < -0.4 is 10.4 Å². The van der Waals surface area contributed by atoms with Crippen molar-refractivity contribution in [1.29, 1.82) is 0 Å². The number of aliphatic hydroxyl groups excluding tert-OH is 2. The lowest BCUT2D eigenvalue weighted by Crippen LogP contribution is -2.67. The molecular weight excluding hydrogens is 793 g/mol. The minimum absolute atomic E-state index is 0.00202. The van der Waals surface area contributed by atoms with Crippen molar-refractivity contribution in [2.75, 3.05) is 13.2 Å². The van der Waals surface area contributed by atoms with E-state index in [-0.39, 0.29) is 32.4 Å². The molecule has 2 fully saturated rings. The van der Waals surface area contributed by atoms with Crippen LogP contribution >= 0.6 is 0 Å². The molecule has 356 valence electrons. The van der Waals surface area contributed by atoms with Crippen LogP contribution in [-0.4, -0.2) is 52.3 Å². The molecule has 0 heterocycles. The summed E-state index contributed by atoms with van der Waals surface area (Å²) in [6.07, 6.45) is 9.35. The maximum atomic E-state index is 10.4. The highest BCUT2D eigenvalue weighted by Gasteiger charge is 2.57. The topological polar surface area (TPSA) is 58.9 Å². The largest absolute Gasteiger partial charge is 0.414 e. The molecule has 2 aliphatic rings. The quantitative estimate of drug-likeness (QED) is 0.146. The summed E-state index contributed by atoms with van der Waals surface area (Å²) in [4.78, 5) is 0. The van der Waals surface area contributed by atoms with E-state index in [1.807, 2.05) is 0 Å². The molecular formula is C56H100O4Si2. The summed E-state index contributed by atoms with van der Waals surface area (Å²) in [5.41, 5.74) is 0.914. The monoisotopic (exact) mass is 893 g/mol. The standard InChI is InChI=1S/C33H52O2Si.C23H48O2Si/c1-25(2)30(34)21-20-26(3)33(9)23-22-27(32(33,7)8)24-35-36(31(4,5)6,28-16-12-10-13-17-28)29-18-14-11-15-19-29;1-17(2)20(25-26(10,11)21(4,5)6)13-12-18(3)23(9)15-14-19(16-24)22(23,7)8/h10-19,25-27,30,34H,20-24H2,1-9H3;17-20,24H,12-16H2,1-11H3/t26-,27-,30-,33+;18-,19-,20+,23+/m00/s1. The Balaban J connectivity index is 0.000000349. The summed E-state index contributed by atoms with van der Waals surface area (Å²) < 4.78 is 14.2. The number of benzene rings is 2. The summed E-state index contributed by atoms with van der Waals surface area (Å²) >= 11 is 0. The summed E-state index contributed by atoms with van der Waals surface area (Å²) in [6.45, 7) is 48.4. The second kappa shape index (κ2) is 21.1. The fraction of sp³-hybridized carbons (Fsp3) is 0.786. The van der Waals surface area contributed by atoms with Crippen molar-refractivity contribution >= 4 is 27.0 Å². The fourth-order valence-electron chi connectivity index (χ4n) is 11.5. The van der Waals surface area contributed by atoms with Gasteiger partial charge in [0, 0.05) is 19.3 Å². The second-order valence-corrected chi connectivity index (χ2v) is 34.4. The molecule has 62 heavy (non-hydrogen) atoms. The lowest BCUT2D eigenvalue weighted by atomic mass is 9.59. The average Bonchev–Trinajstić information content (AvgIpc) is 3.57. The minimum atomic E-state index is -2.53. The van der Waals surface area contributed by atoms with E-state index in [2.05, 4.69) is 198 Å². The van der Waals surface area contributed by atoms with E-state index >= 15 is 0 Å². The maximum Gasteiger partial charge on any atom is 0.261 e. The van der Waals surface area contributed by atoms with Crippen LogP contribution in [0.5, 0.6) is 0 Å². The molecule has 0 aliphatic heterocycles. The average molecular weight is 894 g/mol. The Morgan fingerprint density at radius 1 is 0.613 bits per heavy atom. The van der Waals surface area contributed by atoms with Gasteiger partial charge in [-0.1, -0.05) is 185 Å². The van der Waals surface area contributed by atoms with Crippen LogP contribution in [0.25, 0.3) is 0 Å². The van der Waals surface area contributed by atoms with Crippen molar-refractivity contribution in [3.8, 4) is 0 Å². The molecule has 0 aromatic heterocycles. The molecule has 0 amide bonds. The fourth-order valence-corrected chi connectivity index (χ4v) is 17.6. The first kappa shape index (κ1) is 55.0. The van der Waals surface area contributed by atoms with Crippen molar-refractivity contribution < 1.29 is 19.1 Å². The molecule has 2 aromatic carbocycles. The summed E-state index contributed by atoms with van der Waals surface area (Å²) in [7, 11) is -4.26. The van der Waals surface area contributed by atoms with Crippen molar-refractivity contribution in [3.05, 3.63) is 60.7 Å². The molecule has 6 heteroatoms. The van der Waals surface area contributed by atoms with Gasteiger partial charge in [0.15, 0.2) is 8.32 Å². The molecule has 4 nitrogen and oxygen atoms in total. The van der Waals surface area contributed by atoms with Crippen molar-refractivity contribution in [1.82, 2.24) is 0 Å². The highest BCUT2D eigenvalue weighted by molar-refractivity contribution is 6.99. The van der Waals surface area contributed by atoms with Gasteiger partial charge in [-0.15, -0.1) is 0 Å². The molecule has 8 atom stereocenters. The van der Waals surface area contributed by atoms with E-state index in [0.717, 1.165) is 25.9 Å². The van der Waals surface area contributed by atoms with E-state index in [1.165, 1.54) is 42.5 Å². The Bertz CT molecular complexity index is 1580. The Morgan fingerprint density at radius 2 is 1.03 bits per heavy atom. The zero-order valence-electron chi connectivity index (χ0n) is 44.2. The van der Waals surface area contributed by atoms with Crippen LogP contribution in [-0.2, 0) is 8.85 Å². The van der Waals surface area contributed by atoms with Gasteiger partial charge in [-0.25, -0.2) is 0 Å². The third-order valence-corrected chi connectivity index (χ3v) is 28.4. The van der Waals surface area contributed by atoms with E-state index in [9.17, 15) is 10.2 Å². The first-order valence-corrected chi connectivity index (χ1v) is 29.9. The van der Waals surface area contributed by atoms with Crippen LogP contribution in [0, 0.1) is 57.2 Å². The van der Waals surface area contributed by atoms with Crippen LogP contribution in [0.4, 0.5) is 0 Å². The van der Waals surface area contributed by atoms with Crippen molar-refractivity contribution in [2.45, 2.75) is 211 Å². The molecule has 2 N–H and O–H groups in total. The molecule has 0 saturated heterocycles. The maximum absolute atomic E-state index is 10.4. The Morgan fingerprint density at radius 3 is 1.40 bits per heavy atom. The number of hydrogen-bond donors (Lipinski definition) is 2. The van der Waals surface area contributed by atoms with Crippen molar-refractivity contribution in [3.63, 3.8) is 0 Å². The van der Waals surface area contributed by atoms with Gasteiger partial charge in [-0.2, -0.15) is 0 Å². The molecule has 2 aromatic rings. The first-order valence-electron chi connectivity index (χ1n) is 25.1. The van der Waals surface area contributed by atoms with Gasteiger partial charge in [-0.05, 0) is 142 Å². The third kappa shape index (κ3) is 11.6. The van der Waals surface area contributed by atoms with Crippen LogP contribution in [0.15, 0.2) is 60.7 Å². The summed E-state index contributed by atoms with van der Waals surface area (Å²) in [6, 6.07) is 22.0. The second-order valence-electron chi connectivity index (χ2n) is 25.3. The summed E-state index contributed by atoms with van der Waals surface area (Å²) in [5.74, 6) is 3.07. The van der Waals surface area contributed by atoms with E-state index in [1.54, 1.807) is 0 Å². The molecule has 2 aliphatic carbocycles. The molecule has 0 bridgehead atoms. The van der Waals surface area contributed by atoms with E-state index < -0.39 is 16.6 Å². The zero-order chi connectivity index (χ0) is 47.3. The Kier molecular flexibility index (Phi) is 18.8. The molecule has 0 unspecified atom stereocenters. The highest BCUT2D eigenvalue weighted by atomic mass is 28.4. The Hall–Kier alpha value is -1.29. The summed E-state index contributed by atoms with van der Waals surface area (Å²) in [5, 5.41) is 23.2. The lowest BCUT2D eigenvalue weighted by molar-refractivity contribution is 0.00489. The Labute approximate surface area is 386 Å². The number of aliphatic hydroxyl groups is 2. The number of rotatable bonds is 18. The zero-order valence-corrected chi connectivity index (χ0v) is 46.2. The van der Waals surface area contributed by atoms with Gasteiger partial charge in [0.25, 0.3) is 8.32 Å². The van der Waals surface area contributed by atoms with Crippen LogP contribution in [0.1, 0.15) is 176 Å². The first-order chi connectivity index (χ1) is 28.4. The van der Waals surface area contributed by atoms with Gasteiger partial charge in [0.1, 0.15) is 0 Å². The lowest BCUT2D eigenvalue weighted by Gasteiger charge is -2.48. The molecule has 4 rings (SSSR count). The molecule has 0 radical (unpaired) electrons. The van der Waals surface area contributed by atoms with Gasteiger partial charge >= 0.3 is 0 Å². The van der Waals surface area contributed by atoms with E-state index in [4.69, 9.17) is 8.85 Å². The van der Waals surface area contributed by atoms with Gasteiger partial charge in [0.2, 0.25) is 0 Å². The third-order valence-electron chi connectivity index (χ3n) is 18.9. The predicted octanol–water partition coefficient (Wildman–Crippen LogP) is 14.3. The van der Waals surface area contributed by atoms with Gasteiger partial charge in [-0.3, -0.25) is 0 Å². The SMILES string of the molecule is CC(C)[C@@H](CC[C@H](C)[C@@]1(C)CC[C@@H](CO)C1(C)C)O[Si](C)(C)C(C)(C)C.CC(C)[C@@H](O)CC[C@H](C)[C@@]1(C)CC[C@@H](CO[Si](c2ccccc2)(c2ccccc2)C(C)(C)C)C1(C)C. The van der Waals surface area contributed by atoms with Crippen molar-refractivity contribution in [2.24, 2.45) is 57.2 Å². The predicted molar refractivity (Wildman–Crippen MR) is 274 cm³/mol. The molecule has 0 spiro atoms. The van der Waals surface area contributed by atoms with Crippen LogP contribution in [0.2, 0.25) is 23.2 Å². The van der Waals surface area contributed by atoms with E-state index in [0.29, 0.717) is 53.6 Å². The molecule has 2 saturated carbocycles. The smallest absolute Gasteiger partial charge is 0.261 e.